The molecular weight excluding hydrogens is 304 g/mol. The Bertz CT molecular complexity index is 815. The predicted molar refractivity (Wildman–Crippen MR) is 82.9 cm³/mol. The molecule has 0 aromatic carbocycles. The molecule has 0 aliphatic rings. The Balaban J connectivity index is 2.36. The number of hydrogen-bond acceptors (Lipinski definition) is 7. The number of nitrogen functional groups attached to an aromatic ring is 1. The molecule has 0 atom stereocenters. The van der Waals surface area contributed by atoms with Gasteiger partial charge in [-0.2, -0.15) is 0 Å². The van der Waals surface area contributed by atoms with Crippen molar-refractivity contribution in [1.29, 1.82) is 0 Å². The number of rotatable bonds is 6. The molecule has 0 fully saturated rings. The van der Waals surface area contributed by atoms with E-state index in [4.69, 9.17) is 10.5 Å². The van der Waals surface area contributed by atoms with Gasteiger partial charge in [0.05, 0.1) is 11.5 Å². The zero-order chi connectivity index (χ0) is 17.0. The maximum absolute atomic E-state index is 12.3. The van der Waals surface area contributed by atoms with Crippen molar-refractivity contribution in [2.45, 2.75) is 26.3 Å². The first-order valence-electron chi connectivity index (χ1n) is 6.98. The lowest BCUT2D eigenvalue weighted by atomic mass is 10.2. The van der Waals surface area contributed by atoms with E-state index < -0.39 is 16.2 Å². The van der Waals surface area contributed by atoms with Gasteiger partial charge in [-0.15, -0.1) is 0 Å². The van der Waals surface area contributed by atoms with Gasteiger partial charge in [-0.3, -0.25) is 24.3 Å². The molecule has 9 nitrogen and oxygen atoms in total. The number of anilines is 1. The van der Waals surface area contributed by atoms with Crippen LogP contribution in [-0.4, -0.2) is 27.1 Å². The fourth-order valence-corrected chi connectivity index (χ4v) is 2.26. The molecule has 0 unspecified atom stereocenters. The van der Waals surface area contributed by atoms with E-state index in [1.165, 1.54) is 17.7 Å². The fourth-order valence-electron chi connectivity index (χ4n) is 2.26. The van der Waals surface area contributed by atoms with Crippen LogP contribution in [0.3, 0.4) is 0 Å². The highest BCUT2D eigenvalue weighted by atomic mass is 16.6. The van der Waals surface area contributed by atoms with Crippen LogP contribution in [0, 0.1) is 10.1 Å². The number of fused-ring (bicyclic) bond motifs is 1. The second kappa shape index (κ2) is 6.86. The number of unbranched alkanes of at least 4 members (excludes halogenated alkanes) is 1. The summed E-state index contributed by atoms with van der Waals surface area (Å²) in [5.74, 6) is -0.377. The molecule has 2 aromatic heterocycles. The van der Waals surface area contributed by atoms with Crippen LogP contribution in [-0.2, 0) is 16.1 Å². The van der Waals surface area contributed by atoms with Gasteiger partial charge in [0.1, 0.15) is 11.3 Å². The van der Waals surface area contributed by atoms with Crippen molar-refractivity contribution in [3.05, 3.63) is 38.8 Å². The highest BCUT2D eigenvalue weighted by Crippen LogP contribution is 2.25. The summed E-state index contributed by atoms with van der Waals surface area (Å²) in [5.41, 5.74) is 4.43. The Labute approximate surface area is 130 Å². The highest BCUT2D eigenvalue weighted by Gasteiger charge is 2.24. The maximum atomic E-state index is 12.3. The molecule has 122 valence electrons. The second-order valence-electron chi connectivity index (χ2n) is 4.90. The lowest BCUT2D eigenvalue weighted by molar-refractivity contribution is -0.385. The summed E-state index contributed by atoms with van der Waals surface area (Å²) in [4.78, 5) is 37.5. The van der Waals surface area contributed by atoms with E-state index in [0.717, 1.165) is 0 Å². The first kappa shape index (κ1) is 16.4. The lowest BCUT2D eigenvalue weighted by Crippen LogP contribution is -2.25. The SMILES string of the molecule is CC(=O)OCCCCn1c(=O)c([N+](=O)[O-])c(N)c2cccnc21. The molecule has 0 aliphatic carbocycles. The molecule has 2 rings (SSSR count). The van der Waals surface area contributed by atoms with E-state index in [1.807, 2.05) is 0 Å². The Hall–Kier alpha value is -2.97. The van der Waals surface area contributed by atoms with Crippen molar-refractivity contribution in [2.24, 2.45) is 0 Å². The molecule has 23 heavy (non-hydrogen) atoms. The van der Waals surface area contributed by atoms with Gasteiger partial charge in [-0.25, -0.2) is 4.98 Å². The van der Waals surface area contributed by atoms with Gasteiger partial charge < -0.3 is 10.5 Å². The van der Waals surface area contributed by atoms with Gasteiger partial charge in [0.2, 0.25) is 0 Å². The molecule has 0 amide bonds. The average molecular weight is 320 g/mol. The minimum atomic E-state index is -0.786. The predicted octanol–water partition coefficient (Wildman–Crippen LogP) is 1.23. The van der Waals surface area contributed by atoms with Crippen molar-refractivity contribution in [3.8, 4) is 0 Å². The van der Waals surface area contributed by atoms with E-state index in [0.29, 0.717) is 23.9 Å². The van der Waals surface area contributed by atoms with E-state index >= 15 is 0 Å². The third-order valence-electron chi connectivity index (χ3n) is 3.30. The summed E-state index contributed by atoms with van der Waals surface area (Å²) >= 11 is 0. The number of aromatic nitrogens is 2. The number of nitrogens with zero attached hydrogens (tertiary/aromatic N) is 3. The van der Waals surface area contributed by atoms with Crippen molar-refractivity contribution in [3.63, 3.8) is 0 Å². The molecule has 0 saturated carbocycles. The van der Waals surface area contributed by atoms with Crippen molar-refractivity contribution in [2.75, 3.05) is 12.3 Å². The Kier molecular flexibility index (Phi) is 4.89. The molecule has 0 spiro atoms. The van der Waals surface area contributed by atoms with E-state index in [1.54, 1.807) is 12.1 Å². The molecular formula is C14H16N4O5. The van der Waals surface area contributed by atoms with Crippen LogP contribution in [0.1, 0.15) is 19.8 Å². The molecule has 0 bridgehead atoms. The van der Waals surface area contributed by atoms with Crippen LogP contribution in [0.4, 0.5) is 11.4 Å². The van der Waals surface area contributed by atoms with Crippen LogP contribution >= 0.6 is 0 Å². The summed E-state index contributed by atoms with van der Waals surface area (Å²) in [6.45, 7) is 1.76. The third kappa shape index (κ3) is 3.44. The second-order valence-corrected chi connectivity index (χ2v) is 4.90. The summed E-state index contributed by atoms with van der Waals surface area (Å²) in [6.07, 6.45) is 2.51. The number of aryl methyl sites for hydroxylation is 1. The van der Waals surface area contributed by atoms with Gasteiger partial charge in [0, 0.05) is 25.1 Å². The molecule has 2 aromatic rings. The zero-order valence-corrected chi connectivity index (χ0v) is 12.5. The highest BCUT2D eigenvalue weighted by molar-refractivity contribution is 5.92. The first-order valence-corrected chi connectivity index (χ1v) is 6.98. The van der Waals surface area contributed by atoms with Crippen LogP contribution in [0.15, 0.2) is 23.1 Å². The van der Waals surface area contributed by atoms with Crippen molar-refractivity contribution in [1.82, 2.24) is 9.55 Å². The first-order chi connectivity index (χ1) is 10.9. The van der Waals surface area contributed by atoms with Crippen LogP contribution < -0.4 is 11.3 Å². The Morgan fingerprint density at radius 2 is 2.22 bits per heavy atom. The number of nitrogens with two attached hydrogens (primary N) is 1. The van der Waals surface area contributed by atoms with Crippen molar-refractivity contribution < 1.29 is 14.5 Å². The summed E-state index contributed by atoms with van der Waals surface area (Å²) in [7, 11) is 0. The number of carbonyl (C=O) groups is 1. The van der Waals surface area contributed by atoms with Crippen molar-refractivity contribution >= 4 is 28.4 Å². The standard InChI is InChI=1S/C14H16N4O5/c1-9(19)23-8-3-2-7-17-13-10(5-4-6-16-13)11(15)12(14(17)20)18(21)22/h4-6H,2-3,7-8,15H2,1H3. The average Bonchev–Trinajstić information content (AvgIpc) is 2.49. The number of carbonyl (C=O) groups excluding carboxylic acids is 1. The number of ether oxygens (including phenoxy) is 1. The monoisotopic (exact) mass is 320 g/mol. The zero-order valence-electron chi connectivity index (χ0n) is 12.5. The van der Waals surface area contributed by atoms with Gasteiger partial charge in [0.15, 0.2) is 0 Å². The van der Waals surface area contributed by atoms with Gasteiger partial charge in [-0.1, -0.05) is 0 Å². The smallest absolute Gasteiger partial charge is 0.357 e. The minimum absolute atomic E-state index is 0.181. The molecule has 2 N–H and O–H groups in total. The number of nitro groups is 1. The van der Waals surface area contributed by atoms with Gasteiger partial charge in [-0.05, 0) is 25.0 Å². The maximum Gasteiger partial charge on any atom is 0.357 e. The third-order valence-corrected chi connectivity index (χ3v) is 3.30. The Morgan fingerprint density at radius 3 is 2.87 bits per heavy atom. The number of esters is 1. The molecule has 2 heterocycles. The number of hydrogen-bond donors (Lipinski definition) is 1. The van der Waals surface area contributed by atoms with Crippen LogP contribution in [0.25, 0.3) is 11.0 Å². The van der Waals surface area contributed by atoms with Crippen LogP contribution in [0.5, 0.6) is 0 Å². The fraction of sp³-hybridized carbons (Fsp3) is 0.357. The normalized spacial score (nSPS) is 10.7. The molecule has 9 heteroatoms. The van der Waals surface area contributed by atoms with E-state index in [-0.39, 0.29) is 24.8 Å². The topological polar surface area (TPSA) is 130 Å². The molecule has 0 aliphatic heterocycles. The van der Waals surface area contributed by atoms with Gasteiger partial charge >= 0.3 is 17.2 Å². The minimum Gasteiger partial charge on any atom is -0.466 e. The summed E-state index contributed by atoms with van der Waals surface area (Å²) < 4.78 is 6.04. The largest absolute Gasteiger partial charge is 0.466 e. The Morgan fingerprint density at radius 1 is 1.48 bits per heavy atom. The van der Waals surface area contributed by atoms with E-state index in [2.05, 4.69) is 4.98 Å². The molecule has 0 saturated heterocycles. The summed E-state index contributed by atoms with van der Waals surface area (Å²) in [5, 5.41) is 11.5. The van der Waals surface area contributed by atoms with E-state index in [9.17, 15) is 19.7 Å². The van der Waals surface area contributed by atoms with Crippen LogP contribution in [0.2, 0.25) is 0 Å². The summed E-state index contributed by atoms with van der Waals surface area (Å²) in [6, 6.07) is 3.18. The van der Waals surface area contributed by atoms with Gasteiger partial charge in [0.25, 0.3) is 0 Å². The number of pyridine rings is 2. The quantitative estimate of drug-likeness (QED) is 0.366. The molecule has 0 radical (unpaired) electrons. The lowest BCUT2D eigenvalue weighted by Gasteiger charge is -2.11.